The summed E-state index contributed by atoms with van der Waals surface area (Å²) in [4.78, 5) is 282. The van der Waals surface area contributed by atoms with Crippen LogP contribution in [0, 0.1) is 5.92 Å². The summed E-state index contributed by atoms with van der Waals surface area (Å²) < 4.78 is 5.44. The van der Waals surface area contributed by atoms with Crippen molar-refractivity contribution in [2.24, 2.45) is 11.7 Å². The van der Waals surface area contributed by atoms with Gasteiger partial charge in [-0.15, -0.1) is 0 Å². The minimum atomic E-state index is -2.17. The second-order valence-electron chi connectivity index (χ2n) is 25.2. The van der Waals surface area contributed by atoms with Gasteiger partial charge in [0.1, 0.15) is 67.0 Å². The Bertz CT molecular complexity index is 3300. The SMILES string of the molecule is CNC(=O)CNC(=O)[C@H](CC(C)C)NC(=O)[C@@H]1CCCN1C(=O)COCCNC(=O)[C@@H](CCC(=O)O)NC(=O)[C@@H](CCC(=O)O)NC(=O)[C@@H](CCC(=O)O)NC(=O)[C@@H](CCC(=O)O)NC(=O)[C@@H](CCC(=O)O)NC(=O)[C@@H](CCC(=O)O)NC(=O)[C@@H](CCC(=O)O)NC(=O)[C@@H](CCC(=O)O)NC(=O)[C@H](N)CCC(=O)O. The molecule has 1 saturated heterocycles. The van der Waals surface area contributed by atoms with Gasteiger partial charge in [-0.2, -0.15) is 0 Å². The summed E-state index contributed by atoms with van der Waals surface area (Å²) in [6.45, 7) is 1.89. The largest absolute Gasteiger partial charge is 0.481 e. The maximum Gasteiger partial charge on any atom is 0.303 e. The summed E-state index contributed by atoms with van der Waals surface area (Å²) >= 11 is 0. The average Bonchev–Trinajstić information content (AvgIpc) is 1.81. The van der Waals surface area contributed by atoms with Crippen molar-refractivity contribution < 1.29 is 156 Å². The van der Waals surface area contributed by atoms with Gasteiger partial charge in [0, 0.05) is 77.9 Å². The first kappa shape index (κ1) is 95.3. The maximum atomic E-state index is 14.2. The van der Waals surface area contributed by atoms with Gasteiger partial charge in [0.05, 0.1) is 19.2 Å². The van der Waals surface area contributed by atoms with E-state index in [0.717, 1.165) is 0 Å². The molecular formula is C63H96N14O32. The minimum absolute atomic E-state index is 0.0814. The highest BCUT2D eigenvalue weighted by atomic mass is 16.5. The number of carboxylic acid groups (broad SMARTS) is 9. The number of carbonyl (C=O) groups is 22. The normalized spacial score (nSPS) is 15.0. The average molecular weight is 1560 g/mol. The Hall–Kier alpha value is -11.7. The predicted molar refractivity (Wildman–Crippen MR) is 362 cm³/mol. The monoisotopic (exact) mass is 1560 g/mol. The number of likely N-dealkylation sites (tertiary alicyclic amines) is 1. The molecule has 0 spiro atoms. The molecule has 0 aromatic heterocycles. The smallest absolute Gasteiger partial charge is 0.303 e. The first-order chi connectivity index (χ1) is 51.0. The zero-order valence-corrected chi connectivity index (χ0v) is 59.8. The van der Waals surface area contributed by atoms with E-state index >= 15 is 0 Å². The first-order valence-corrected chi connectivity index (χ1v) is 34.1. The van der Waals surface area contributed by atoms with E-state index in [1.165, 1.54) is 11.9 Å². The molecule has 1 aliphatic rings. The summed E-state index contributed by atoms with van der Waals surface area (Å²) in [6, 6.07) is -20.0. The summed E-state index contributed by atoms with van der Waals surface area (Å²) in [5.74, 6) is -29.1. The third-order valence-electron chi connectivity index (χ3n) is 15.9. The molecule has 109 heavy (non-hydrogen) atoms. The number of nitrogens with zero attached hydrogens (tertiary/aromatic N) is 1. The number of nitrogens with one attached hydrogen (secondary N) is 12. The van der Waals surface area contributed by atoms with Crippen LogP contribution in [0.3, 0.4) is 0 Å². The lowest BCUT2D eigenvalue weighted by Crippen LogP contribution is -2.60. The zero-order chi connectivity index (χ0) is 82.8. The summed E-state index contributed by atoms with van der Waals surface area (Å²) in [5, 5.41) is 112. The molecule has 1 rings (SSSR count). The van der Waals surface area contributed by atoms with Gasteiger partial charge in [0.2, 0.25) is 76.8 Å². The van der Waals surface area contributed by atoms with E-state index in [1.807, 2.05) is 5.32 Å². The molecule has 23 N–H and O–H groups in total. The standard InChI is InChI=1S/C63H96N14O32/c1-30(2)27-40(55(100)67-28-42(78)65-3)76-63(108)41-5-4-25-77(41)43(79)29-109-26-24-66-54(99)32(7-16-45(82)83)69-57(102)34(9-18-47(86)87)71-59(104)36(11-20-49(90)91)73-61(106)38(13-22-51(94)95)75-62(107)39(14-23-52(96)97)74-60(105)37(12-21-50(92)93)72-58(103)35(10-19-48(88)89)70-56(101)33(8-17-46(84)85)68-53(98)31(64)6-15-44(80)81/h30-41H,4-29,64H2,1-3H3,(H,65,78)(H,66,99)(H,67,100)(H,68,98)(H,69,102)(H,70,101)(H,71,104)(H,72,103)(H,73,106)(H,74,105)(H,75,107)(H,76,108)(H,80,81)(H,82,83)(H,84,85)(H,86,87)(H,88,89)(H,90,91)(H,92,93)(H,94,95)(H,96,97)/t31-,32-,33-,34-,35-,36-,37-,38-,39-,40+,41+/m1/s1. The van der Waals surface area contributed by atoms with Crippen molar-refractivity contribution in [3.8, 4) is 0 Å². The number of aliphatic carboxylic acids is 9. The summed E-state index contributed by atoms with van der Waals surface area (Å²) in [6.07, 6.45) is -14.5. The van der Waals surface area contributed by atoms with Crippen LogP contribution >= 0.6 is 0 Å². The summed E-state index contributed by atoms with van der Waals surface area (Å²) in [7, 11) is 1.37. The number of likely N-dealkylation sites (N-methyl/N-ethyl adjacent to an activating group) is 1. The van der Waals surface area contributed by atoms with Gasteiger partial charge in [-0.1, -0.05) is 13.8 Å². The topological polar surface area (TPSA) is 740 Å². The molecule has 1 fully saturated rings. The first-order valence-electron chi connectivity index (χ1n) is 34.1. The molecule has 0 aliphatic carbocycles. The van der Waals surface area contributed by atoms with Crippen LogP contribution < -0.4 is 69.5 Å². The second kappa shape index (κ2) is 49.9. The van der Waals surface area contributed by atoms with E-state index in [9.17, 15) is 146 Å². The number of hydrogen-bond donors (Lipinski definition) is 22. The Morgan fingerprint density at radius 2 is 0.651 bits per heavy atom. The van der Waals surface area contributed by atoms with E-state index in [2.05, 4.69) is 58.5 Å². The quantitative estimate of drug-likeness (QED) is 0.0252. The molecule has 0 bridgehead atoms. The molecule has 46 nitrogen and oxygen atoms in total. The fourth-order valence-electron chi connectivity index (χ4n) is 10.2. The van der Waals surface area contributed by atoms with Crippen molar-refractivity contribution in [3.05, 3.63) is 0 Å². The van der Waals surface area contributed by atoms with E-state index in [1.54, 1.807) is 13.8 Å². The van der Waals surface area contributed by atoms with Gasteiger partial charge in [-0.3, -0.25) is 105 Å². The molecule has 1 aliphatic heterocycles. The molecular weight excluding hydrogens is 1460 g/mol. The van der Waals surface area contributed by atoms with Crippen LogP contribution in [0.15, 0.2) is 0 Å². The number of nitrogens with two attached hydrogens (primary N) is 1. The number of amides is 13. The molecule has 0 aromatic carbocycles. The highest BCUT2D eigenvalue weighted by molar-refractivity contribution is 6.00. The molecule has 1 heterocycles. The predicted octanol–water partition coefficient (Wildman–Crippen LogP) is -7.51. The molecule has 0 saturated carbocycles. The maximum absolute atomic E-state index is 14.2. The van der Waals surface area contributed by atoms with Crippen LogP contribution in [0.2, 0.25) is 0 Å². The number of hydrogen-bond acceptors (Lipinski definition) is 24. The molecule has 610 valence electrons. The number of ether oxygens (including phenoxy) is 1. The van der Waals surface area contributed by atoms with E-state index in [0.29, 0.717) is 6.42 Å². The van der Waals surface area contributed by atoms with Crippen LogP contribution in [0.25, 0.3) is 0 Å². The van der Waals surface area contributed by atoms with Crippen LogP contribution in [0.1, 0.15) is 149 Å². The Balaban J connectivity index is 3.57. The van der Waals surface area contributed by atoms with Crippen molar-refractivity contribution in [3.63, 3.8) is 0 Å². The second-order valence-corrected chi connectivity index (χ2v) is 25.2. The number of carbonyl (C=O) groups excluding carboxylic acids is 13. The van der Waals surface area contributed by atoms with Crippen LogP contribution in [0.4, 0.5) is 0 Å². The Labute approximate surface area is 620 Å². The Morgan fingerprint density at radius 3 is 0.936 bits per heavy atom. The lowest BCUT2D eigenvalue weighted by molar-refractivity contribution is -0.142. The van der Waals surface area contributed by atoms with Gasteiger partial charge < -0.3 is 125 Å². The van der Waals surface area contributed by atoms with E-state index < -0.39 is 332 Å². The van der Waals surface area contributed by atoms with Gasteiger partial charge in [-0.25, -0.2) is 0 Å². The molecule has 0 radical (unpaired) electrons. The fourth-order valence-corrected chi connectivity index (χ4v) is 10.2. The van der Waals surface area contributed by atoms with Gasteiger partial charge >= 0.3 is 53.7 Å². The number of carboxylic acids is 9. The zero-order valence-electron chi connectivity index (χ0n) is 59.8. The van der Waals surface area contributed by atoms with Crippen molar-refractivity contribution >= 4 is 131 Å². The molecule has 46 heteroatoms. The van der Waals surface area contributed by atoms with Gasteiger partial charge in [0.15, 0.2) is 0 Å². The Morgan fingerprint density at radius 1 is 0.376 bits per heavy atom. The third kappa shape index (κ3) is 40.0. The number of rotatable bonds is 56. The van der Waals surface area contributed by atoms with Crippen LogP contribution in [-0.2, 0) is 110 Å². The third-order valence-corrected chi connectivity index (χ3v) is 15.9. The summed E-state index contributed by atoms with van der Waals surface area (Å²) in [5.41, 5.74) is 5.72. The van der Waals surface area contributed by atoms with Crippen molar-refractivity contribution in [2.45, 2.75) is 215 Å². The van der Waals surface area contributed by atoms with Gasteiger partial charge in [0.25, 0.3) is 0 Å². The van der Waals surface area contributed by atoms with Crippen molar-refractivity contribution in [1.82, 2.24) is 68.7 Å². The van der Waals surface area contributed by atoms with Gasteiger partial charge in [-0.05, 0) is 83.0 Å². The highest BCUT2D eigenvalue weighted by Gasteiger charge is 2.39. The van der Waals surface area contributed by atoms with Crippen LogP contribution in [0.5, 0.6) is 0 Å². The van der Waals surface area contributed by atoms with E-state index in [4.69, 9.17) is 15.6 Å². The Kier molecular flexibility index (Phi) is 43.6. The van der Waals surface area contributed by atoms with Crippen LogP contribution in [-0.4, -0.2) is 288 Å². The van der Waals surface area contributed by atoms with E-state index in [-0.39, 0.29) is 31.8 Å². The lowest BCUT2D eigenvalue weighted by atomic mass is 10.0. The fraction of sp³-hybridized carbons (Fsp3) is 0.651. The molecule has 0 aromatic rings. The van der Waals surface area contributed by atoms with Crippen molar-refractivity contribution in [1.29, 1.82) is 0 Å². The highest BCUT2D eigenvalue weighted by Crippen LogP contribution is 2.19. The lowest BCUT2D eigenvalue weighted by Gasteiger charge is -2.28. The molecule has 13 amide bonds. The molecule has 11 atom stereocenters. The minimum Gasteiger partial charge on any atom is -0.481 e. The van der Waals surface area contributed by atoms with Crippen molar-refractivity contribution in [2.75, 3.05) is 39.9 Å². The molecule has 0 unspecified atom stereocenters.